The second-order valence-electron chi connectivity index (χ2n) is 8.36. The predicted molar refractivity (Wildman–Crippen MR) is 118 cm³/mol. The quantitative estimate of drug-likeness (QED) is 0.734. The van der Waals surface area contributed by atoms with E-state index in [1.54, 1.807) is 7.05 Å². The molecule has 6 heteroatoms. The summed E-state index contributed by atoms with van der Waals surface area (Å²) in [5.41, 5.74) is 2.30. The summed E-state index contributed by atoms with van der Waals surface area (Å²) in [5, 5.41) is 6.66. The van der Waals surface area contributed by atoms with Crippen LogP contribution >= 0.6 is 11.6 Å². The van der Waals surface area contributed by atoms with E-state index in [0.717, 1.165) is 16.8 Å². The molecule has 2 heterocycles. The summed E-state index contributed by atoms with van der Waals surface area (Å²) in [6, 6.07) is 17.6. The molecule has 1 unspecified atom stereocenters. The lowest BCUT2D eigenvalue weighted by Gasteiger charge is -2.40. The zero-order valence-corrected chi connectivity index (χ0v) is 18.1. The number of carbonyl (C=O) groups excluding carboxylic acids is 2. The van der Waals surface area contributed by atoms with Gasteiger partial charge in [-0.15, -0.1) is 0 Å². The van der Waals surface area contributed by atoms with Crippen LogP contribution < -0.4 is 0 Å². The number of piperidine rings is 1. The molecule has 0 aromatic heterocycles. The molecule has 2 atom stereocenters. The molecule has 0 radical (unpaired) electrons. The summed E-state index contributed by atoms with van der Waals surface area (Å²) in [5.74, 6) is -0.115. The van der Waals surface area contributed by atoms with Gasteiger partial charge in [0, 0.05) is 37.5 Å². The number of likely N-dealkylation sites (tertiary alicyclic amines) is 1. The van der Waals surface area contributed by atoms with Crippen molar-refractivity contribution in [1.29, 1.82) is 0 Å². The lowest BCUT2D eigenvalue weighted by Crippen LogP contribution is -2.56. The number of rotatable bonds is 5. The van der Waals surface area contributed by atoms with Crippen molar-refractivity contribution in [3.63, 3.8) is 0 Å². The highest BCUT2D eigenvalue weighted by Gasteiger charge is 2.53. The van der Waals surface area contributed by atoms with Gasteiger partial charge in [-0.25, -0.2) is 5.01 Å². The van der Waals surface area contributed by atoms with Crippen molar-refractivity contribution in [2.75, 3.05) is 20.1 Å². The zero-order chi connectivity index (χ0) is 21.3. The average Bonchev–Trinajstić information content (AvgIpc) is 2.99. The van der Waals surface area contributed by atoms with E-state index in [1.807, 2.05) is 66.4 Å². The van der Waals surface area contributed by atoms with E-state index in [-0.39, 0.29) is 17.7 Å². The maximum Gasteiger partial charge on any atom is 0.256 e. The summed E-state index contributed by atoms with van der Waals surface area (Å²) < 4.78 is 0. The molecule has 1 fully saturated rings. The van der Waals surface area contributed by atoms with Gasteiger partial charge >= 0.3 is 0 Å². The minimum Gasteiger partial charge on any atom is -0.341 e. The minimum absolute atomic E-state index is 0.0239. The Morgan fingerprint density at radius 3 is 2.53 bits per heavy atom. The van der Waals surface area contributed by atoms with Crippen LogP contribution in [-0.4, -0.2) is 47.6 Å². The molecule has 2 amide bonds. The van der Waals surface area contributed by atoms with Crippen LogP contribution in [0.5, 0.6) is 0 Å². The third kappa shape index (κ3) is 3.86. The fourth-order valence-corrected chi connectivity index (χ4v) is 4.71. The molecule has 0 saturated carbocycles. The van der Waals surface area contributed by atoms with Gasteiger partial charge in [0.1, 0.15) is 5.41 Å². The molecule has 0 aliphatic carbocycles. The van der Waals surface area contributed by atoms with Crippen molar-refractivity contribution >= 4 is 29.1 Å². The van der Waals surface area contributed by atoms with Crippen molar-refractivity contribution in [2.45, 2.75) is 26.2 Å². The number of benzene rings is 2. The largest absolute Gasteiger partial charge is 0.341 e. The van der Waals surface area contributed by atoms with E-state index >= 15 is 0 Å². The Labute approximate surface area is 182 Å². The SMILES string of the molecule is C[C@H](Cc1ccc(Cl)cc1)C(=O)N1CCC2=NN(C)C(=O)C2(Cc2ccccc2)C1. The van der Waals surface area contributed by atoms with E-state index in [4.69, 9.17) is 11.6 Å². The molecule has 30 heavy (non-hydrogen) atoms. The number of hydrogen-bond acceptors (Lipinski definition) is 3. The fraction of sp³-hybridized carbons (Fsp3) is 0.375. The molecule has 0 spiro atoms. The van der Waals surface area contributed by atoms with Crippen LogP contribution in [0.3, 0.4) is 0 Å². The van der Waals surface area contributed by atoms with E-state index < -0.39 is 5.41 Å². The third-order valence-corrected chi connectivity index (χ3v) is 6.39. The van der Waals surface area contributed by atoms with Gasteiger partial charge in [-0.2, -0.15) is 5.10 Å². The number of fused-ring (bicyclic) bond motifs is 1. The highest BCUT2D eigenvalue weighted by molar-refractivity contribution is 6.30. The Morgan fingerprint density at radius 2 is 1.83 bits per heavy atom. The average molecular weight is 424 g/mol. The number of carbonyl (C=O) groups is 2. The van der Waals surface area contributed by atoms with Crippen molar-refractivity contribution in [2.24, 2.45) is 16.4 Å². The van der Waals surface area contributed by atoms with Crippen molar-refractivity contribution in [3.8, 4) is 0 Å². The van der Waals surface area contributed by atoms with Crippen molar-refractivity contribution in [1.82, 2.24) is 9.91 Å². The number of halogens is 1. The normalized spacial score (nSPS) is 22.0. The fourth-order valence-electron chi connectivity index (χ4n) is 4.59. The third-order valence-electron chi connectivity index (χ3n) is 6.14. The Kier molecular flexibility index (Phi) is 5.65. The van der Waals surface area contributed by atoms with Gasteiger partial charge in [0.05, 0.1) is 5.71 Å². The standard InChI is InChI=1S/C24H26ClN3O2/c1-17(14-18-8-10-20(25)11-9-18)22(29)28-13-12-21-24(16-28,23(30)27(2)26-21)15-19-6-4-3-5-7-19/h3-11,17H,12-16H2,1-2H3/t17-,24?/m1/s1. The van der Waals surface area contributed by atoms with Crippen molar-refractivity contribution in [3.05, 3.63) is 70.7 Å². The Hall–Kier alpha value is -2.66. The topological polar surface area (TPSA) is 53.0 Å². The van der Waals surface area contributed by atoms with E-state index in [1.165, 1.54) is 5.01 Å². The summed E-state index contributed by atoms with van der Waals surface area (Å²) in [6.45, 7) is 2.93. The molecule has 0 bridgehead atoms. The molecule has 2 aliphatic rings. The van der Waals surface area contributed by atoms with Crippen LogP contribution in [0.2, 0.25) is 5.02 Å². The highest BCUT2D eigenvalue weighted by Crippen LogP contribution is 2.38. The maximum atomic E-state index is 13.3. The predicted octanol–water partition coefficient (Wildman–Crippen LogP) is 3.81. The van der Waals surface area contributed by atoms with Gasteiger partial charge in [-0.3, -0.25) is 9.59 Å². The highest BCUT2D eigenvalue weighted by atomic mass is 35.5. The molecule has 2 aromatic carbocycles. The van der Waals surface area contributed by atoms with Gasteiger partial charge < -0.3 is 4.90 Å². The Bertz CT molecular complexity index is 974. The van der Waals surface area contributed by atoms with Gasteiger partial charge in [0.15, 0.2) is 0 Å². The summed E-state index contributed by atoms with van der Waals surface area (Å²) in [4.78, 5) is 28.3. The van der Waals surface area contributed by atoms with Crippen LogP contribution in [0.15, 0.2) is 59.7 Å². The minimum atomic E-state index is -0.760. The first-order valence-corrected chi connectivity index (χ1v) is 10.7. The van der Waals surface area contributed by atoms with Gasteiger partial charge in [-0.05, 0) is 36.1 Å². The van der Waals surface area contributed by atoms with Gasteiger partial charge in [0.2, 0.25) is 5.91 Å². The number of amides is 2. The van der Waals surface area contributed by atoms with E-state index in [2.05, 4.69) is 5.10 Å². The number of hydrogen-bond donors (Lipinski definition) is 0. The number of hydrazone groups is 1. The Morgan fingerprint density at radius 1 is 1.13 bits per heavy atom. The number of nitrogens with zero attached hydrogens (tertiary/aromatic N) is 3. The first-order valence-electron chi connectivity index (χ1n) is 10.3. The van der Waals surface area contributed by atoms with Crippen molar-refractivity contribution < 1.29 is 9.59 Å². The van der Waals surface area contributed by atoms with Crippen LogP contribution in [0.4, 0.5) is 0 Å². The lowest BCUT2D eigenvalue weighted by atomic mass is 9.73. The first kappa shape index (κ1) is 20.6. The van der Waals surface area contributed by atoms with Crippen LogP contribution in [0.1, 0.15) is 24.5 Å². The van der Waals surface area contributed by atoms with E-state index in [9.17, 15) is 9.59 Å². The van der Waals surface area contributed by atoms with Gasteiger partial charge in [0.25, 0.3) is 5.91 Å². The van der Waals surface area contributed by atoms with Gasteiger partial charge in [-0.1, -0.05) is 61.0 Å². The van der Waals surface area contributed by atoms with Crippen LogP contribution in [-0.2, 0) is 22.4 Å². The van der Waals surface area contributed by atoms with Crippen LogP contribution in [0, 0.1) is 11.3 Å². The van der Waals surface area contributed by atoms with Crippen LogP contribution in [0.25, 0.3) is 0 Å². The molecular weight excluding hydrogens is 398 g/mol. The smallest absolute Gasteiger partial charge is 0.256 e. The molecule has 2 aromatic rings. The summed E-state index contributed by atoms with van der Waals surface area (Å²) in [6.07, 6.45) is 1.83. The molecule has 156 valence electrons. The lowest BCUT2D eigenvalue weighted by molar-refractivity contribution is -0.141. The maximum absolute atomic E-state index is 13.3. The second-order valence-corrected chi connectivity index (χ2v) is 8.80. The monoisotopic (exact) mass is 423 g/mol. The zero-order valence-electron chi connectivity index (χ0n) is 17.3. The van der Waals surface area contributed by atoms with E-state index in [0.29, 0.717) is 37.4 Å². The molecular formula is C24H26ClN3O2. The second kappa shape index (κ2) is 8.23. The summed E-state index contributed by atoms with van der Waals surface area (Å²) >= 11 is 5.97. The molecule has 1 saturated heterocycles. The first-order chi connectivity index (χ1) is 14.4. The molecule has 0 N–H and O–H groups in total. The molecule has 2 aliphatic heterocycles. The molecule has 5 nitrogen and oxygen atoms in total. The molecule has 4 rings (SSSR count). The Balaban J connectivity index is 1.54. The summed E-state index contributed by atoms with van der Waals surface area (Å²) in [7, 11) is 1.70.